The van der Waals surface area contributed by atoms with E-state index >= 15 is 0 Å². The van der Waals surface area contributed by atoms with Crippen molar-refractivity contribution in [1.82, 2.24) is 35.5 Å². The standard InChI is InChI=1S/C13H12F3N3O2.C11H13N5/c14-9-2-1-7(3-10(9)17-6-20)11-18-12(21-19-11)8-4-13(15,16)5-8;1-7-5-12-10-4-3-9(6-16(7)10)11-13-8(2)14-15-11/h2-3,6-8H,1,4-5H2,(H,17,20);3-4,6-7H,5H2,1-2H3,(H,13,14,15). The molecule has 1 amide bonds. The maximum Gasteiger partial charge on any atom is 0.249 e. The van der Waals surface area contributed by atoms with Crippen LogP contribution in [-0.4, -0.2) is 61.0 Å². The van der Waals surface area contributed by atoms with Crippen molar-refractivity contribution in [2.24, 2.45) is 4.99 Å². The molecule has 0 spiro atoms. The van der Waals surface area contributed by atoms with Gasteiger partial charge >= 0.3 is 0 Å². The minimum atomic E-state index is -2.66. The van der Waals surface area contributed by atoms with Gasteiger partial charge < -0.3 is 14.7 Å². The summed E-state index contributed by atoms with van der Waals surface area (Å²) in [6.07, 6.45) is 9.00. The number of nitrogens with zero attached hydrogens (tertiary/aromatic N) is 6. The Balaban J connectivity index is 0.000000157. The molecule has 194 valence electrons. The number of hydrogen-bond donors (Lipinski definition) is 2. The molecule has 0 saturated heterocycles. The average molecular weight is 515 g/mol. The van der Waals surface area contributed by atoms with Crippen LogP contribution in [0, 0.1) is 6.92 Å². The van der Waals surface area contributed by atoms with Crippen LogP contribution in [0.25, 0.3) is 5.57 Å². The molecule has 2 N–H and O–H groups in total. The van der Waals surface area contributed by atoms with E-state index in [1.54, 1.807) is 0 Å². The van der Waals surface area contributed by atoms with Crippen molar-refractivity contribution >= 4 is 17.8 Å². The second kappa shape index (κ2) is 9.79. The van der Waals surface area contributed by atoms with E-state index in [2.05, 4.69) is 53.7 Å². The molecule has 2 aliphatic heterocycles. The van der Waals surface area contributed by atoms with Crippen molar-refractivity contribution < 1.29 is 22.5 Å². The molecule has 0 aromatic carbocycles. The third-order valence-electron chi connectivity index (χ3n) is 6.42. The highest BCUT2D eigenvalue weighted by Crippen LogP contribution is 2.48. The smallest absolute Gasteiger partial charge is 0.249 e. The number of hydrogen-bond acceptors (Lipinski definition) is 8. The molecule has 4 aliphatic rings. The number of carbonyl (C=O) groups is 1. The van der Waals surface area contributed by atoms with E-state index in [9.17, 15) is 18.0 Å². The molecule has 1 fully saturated rings. The molecule has 1 saturated carbocycles. The summed E-state index contributed by atoms with van der Waals surface area (Å²) >= 11 is 0. The van der Waals surface area contributed by atoms with E-state index < -0.39 is 17.7 Å². The van der Waals surface area contributed by atoms with Crippen LogP contribution in [0.15, 0.2) is 51.5 Å². The van der Waals surface area contributed by atoms with Gasteiger partial charge in [-0.05, 0) is 44.6 Å². The van der Waals surface area contributed by atoms with Gasteiger partial charge in [0.05, 0.1) is 18.3 Å². The Labute approximate surface area is 210 Å². The highest BCUT2D eigenvalue weighted by Gasteiger charge is 2.48. The first-order valence-electron chi connectivity index (χ1n) is 11.8. The van der Waals surface area contributed by atoms with Crippen LogP contribution in [-0.2, 0) is 4.79 Å². The number of aromatic nitrogens is 5. The lowest BCUT2D eigenvalue weighted by Crippen LogP contribution is -2.33. The zero-order valence-electron chi connectivity index (χ0n) is 20.2. The van der Waals surface area contributed by atoms with Crippen molar-refractivity contribution in [3.8, 4) is 0 Å². The number of fused-ring (bicyclic) bond motifs is 1. The molecule has 37 heavy (non-hydrogen) atoms. The number of carbonyl (C=O) groups excluding carboxylic acids is 1. The maximum atomic E-state index is 13.4. The van der Waals surface area contributed by atoms with Crippen LogP contribution in [0.1, 0.15) is 61.4 Å². The molecule has 2 aromatic rings. The van der Waals surface area contributed by atoms with Gasteiger partial charge in [0.2, 0.25) is 18.2 Å². The van der Waals surface area contributed by atoms with Gasteiger partial charge in [-0.3, -0.25) is 14.9 Å². The first-order valence-corrected chi connectivity index (χ1v) is 11.8. The highest BCUT2D eigenvalue weighted by atomic mass is 19.3. The summed E-state index contributed by atoms with van der Waals surface area (Å²) in [4.78, 5) is 25.4. The molecule has 13 heteroatoms. The summed E-state index contributed by atoms with van der Waals surface area (Å²) in [5.41, 5.74) is 1.07. The Hall–Kier alpha value is -4.03. The predicted molar refractivity (Wildman–Crippen MR) is 127 cm³/mol. The number of H-pyrrole nitrogens is 1. The normalized spacial score (nSPS) is 24.1. The SMILES string of the molecule is Cc1nc(C2=CN3C(=NCC3C)C=C2)n[nH]1.O=CNC1=CC(c2noc(C3CC(F)(F)C3)n2)CC=C1F. The molecule has 2 unspecified atom stereocenters. The van der Waals surface area contributed by atoms with Crippen molar-refractivity contribution in [1.29, 1.82) is 0 Å². The van der Waals surface area contributed by atoms with Crippen LogP contribution < -0.4 is 5.32 Å². The fourth-order valence-electron chi connectivity index (χ4n) is 4.36. The van der Waals surface area contributed by atoms with Crippen LogP contribution in [0.5, 0.6) is 0 Å². The fraction of sp³-hybridized carbons (Fsp3) is 0.417. The van der Waals surface area contributed by atoms with E-state index in [1.165, 1.54) is 12.2 Å². The molecular formula is C24H25F3N8O2. The Kier molecular flexibility index (Phi) is 6.52. The van der Waals surface area contributed by atoms with Gasteiger partial charge in [0.15, 0.2) is 11.6 Å². The number of amidine groups is 1. The summed E-state index contributed by atoms with van der Waals surface area (Å²) in [5.74, 6) is -0.872. The lowest BCUT2D eigenvalue weighted by atomic mass is 9.81. The van der Waals surface area contributed by atoms with Crippen molar-refractivity contribution in [3.63, 3.8) is 0 Å². The molecule has 2 atom stereocenters. The Morgan fingerprint density at radius 2 is 2.08 bits per heavy atom. The van der Waals surface area contributed by atoms with Crippen molar-refractivity contribution in [2.75, 3.05) is 6.54 Å². The summed E-state index contributed by atoms with van der Waals surface area (Å²) < 4.78 is 44.1. The Morgan fingerprint density at radius 1 is 1.27 bits per heavy atom. The van der Waals surface area contributed by atoms with E-state index in [0.717, 1.165) is 29.6 Å². The third-order valence-corrected chi connectivity index (χ3v) is 6.42. The van der Waals surface area contributed by atoms with Crippen molar-refractivity contribution in [2.45, 2.75) is 56.9 Å². The Morgan fingerprint density at radius 3 is 2.78 bits per heavy atom. The van der Waals surface area contributed by atoms with Crippen LogP contribution in [0.2, 0.25) is 0 Å². The number of allylic oxidation sites excluding steroid dienone is 5. The van der Waals surface area contributed by atoms with E-state index in [-0.39, 0.29) is 30.3 Å². The number of halogens is 3. The zero-order valence-corrected chi connectivity index (χ0v) is 20.2. The number of nitrogens with one attached hydrogen (secondary N) is 2. The topological polar surface area (TPSA) is 125 Å². The van der Waals surface area contributed by atoms with Crippen LogP contribution >= 0.6 is 0 Å². The molecule has 2 aromatic heterocycles. The fourth-order valence-corrected chi connectivity index (χ4v) is 4.36. The zero-order chi connectivity index (χ0) is 26.2. The molecular weight excluding hydrogens is 489 g/mol. The predicted octanol–water partition coefficient (Wildman–Crippen LogP) is 3.68. The van der Waals surface area contributed by atoms with Gasteiger partial charge in [-0.1, -0.05) is 5.16 Å². The monoisotopic (exact) mass is 514 g/mol. The summed E-state index contributed by atoms with van der Waals surface area (Å²) in [6, 6.07) is 0.426. The summed E-state index contributed by atoms with van der Waals surface area (Å²) in [5, 5.41) is 13.0. The van der Waals surface area contributed by atoms with E-state index in [0.29, 0.717) is 24.7 Å². The van der Waals surface area contributed by atoms with Gasteiger partial charge in [-0.2, -0.15) is 10.1 Å². The molecule has 4 heterocycles. The number of aryl methyl sites for hydroxylation is 1. The number of rotatable bonds is 5. The Bertz CT molecular complexity index is 1330. The second-order valence-electron chi connectivity index (χ2n) is 9.31. The van der Waals surface area contributed by atoms with E-state index in [1.807, 2.05) is 19.1 Å². The number of aliphatic imine (C=N–C) groups is 1. The number of amides is 1. The number of aromatic amines is 1. The summed E-state index contributed by atoms with van der Waals surface area (Å²) in [6.45, 7) is 4.92. The maximum absolute atomic E-state index is 13.4. The largest absolute Gasteiger partial charge is 0.339 e. The first-order chi connectivity index (χ1) is 17.7. The van der Waals surface area contributed by atoms with Crippen LogP contribution in [0.4, 0.5) is 13.2 Å². The lowest BCUT2D eigenvalue weighted by Gasteiger charge is -2.31. The van der Waals surface area contributed by atoms with Gasteiger partial charge in [0, 0.05) is 36.5 Å². The van der Waals surface area contributed by atoms with Crippen molar-refractivity contribution in [3.05, 3.63) is 65.4 Å². The first kappa shape index (κ1) is 24.7. The number of alkyl halides is 2. The minimum absolute atomic E-state index is 0.0442. The molecule has 6 rings (SSSR count). The molecule has 2 aliphatic carbocycles. The van der Waals surface area contributed by atoms with Gasteiger partial charge in [0.25, 0.3) is 0 Å². The quantitative estimate of drug-likeness (QED) is 0.583. The molecule has 0 radical (unpaired) electrons. The molecule has 10 nitrogen and oxygen atoms in total. The van der Waals surface area contributed by atoms with Gasteiger partial charge in [-0.15, -0.1) is 0 Å². The van der Waals surface area contributed by atoms with Gasteiger partial charge in [-0.25, -0.2) is 18.2 Å². The highest BCUT2D eigenvalue weighted by molar-refractivity contribution is 6.00. The minimum Gasteiger partial charge on any atom is -0.339 e. The summed E-state index contributed by atoms with van der Waals surface area (Å²) in [7, 11) is 0. The third kappa shape index (κ3) is 5.25. The second-order valence-corrected chi connectivity index (χ2v) is 9.31. The van der Waals surface area contributed by atoms with Crippen LogP contribution in [0.3, 0.4) is 0 Å². The average Bonchev–Trinajstić information content (AvgIpc) is 3.60. The molecule has 0 bridgehead atoms. The van der Waals surface area contributed by atoms with Gasteiger partial charge in [0.1, 0.15) is 17.5 Å². The lowest BCUT2D eigenvalue weighted by molar-refractivity contribution is -0.109. The van der Waals surface area contributed by atoms with E-state index in [4.69, 9.17) is 4.52 Å².